The smallest absolute Gasteiger partial charge is 0.264 e. The van der Waals surface area contributed by atoms with Gasteiger partial charge in [-0.05, 0) is 61.9 Å². The average molecular weight is 478 g/mol. The minimum atomic E-state index is 0.161. The van der Waals surface area contributed by atoms with E-state index in [4.69, 9.17) is 0 Å². The third kappa shape index (κ3) is 4.03. The van der Waals surface area contributed by atoms with Gasteiger partial charge in [0.1, 0.15) is 4.83 Å². The molecule has 0 unspecified atom stereocenters. The largest absolute Gasteiger partial charge is 0.368 e. The second-order valence-electron chi connectivity index (χ2n) is 10.2. The summed E-state index contributed by atoms with van der Waals surface area (Å²) >= 11 is 1.56. The van der Waals surface area contributed by atoms with Crippen LogP contribution in [0.3, 0.4) is 0 Å². The van der Waals surface area contributed by atoms with Crippen molar-refractivity contribution < 1.29 is 4.79 Å². The second-order valence-corrected chi connectivity index (χ2v) is 11.3. The third-order valence-electron chi connectivity index (χ3n) is 8.21. The molecule has 4 heterocycles. The van der Waals surface area contributed by atoms with Crippen LogP contribution in [-0.2, 0) is 19.9 Å². The quantitative estimate of drug-likeness (QED) is 0.566. The van der Waals surface area contributed by atoms with Gasteiger partial charge in [0.15, 0.2) is 0 Å². The van der Waals surface area contributed by atoms with Crippen molar-refractivity contribution in [3.05, 3.63) is 46.0 Å². The van der Waals surface area contributed by atoms with Crippen molar-refractivity contribution >= 4 is 33.1 Å². The van der Waals surface area contributed by atoms with Crippen LogP contribution >= 0.6 is 11.3 Å². The molecule has 0 bridgehead atoms. The normalized spacial score (nSPS) is 20.2. The van der Waals surface area contributed by atoms with E-state index in [0.29, 0.717) is 0 Å². The highest BCUT2D eigenvalue weighted by molar-refractivity contribution is 7.20. The molecular weight excluding hydrogens is 442 g/mol. The number of amides is 1. The first-order valence-electron chi connectivity index (χ1n) is 12.9. The fourth-order valence-electron chi connectivity index (χ4n) is 6.19. The number of hydrogen-bond donors (Lipinski definition) is 0. The highest BCUT2D eigenvalue weighted by Crippen LogP contribution is 2.30. The summed E-state index contributed by atoms with van der Waals surface area (Å²) in [5, 5.41) is 5.56. The Morgan fingerprint density at radius 2 is 1.71 bits per heavy atom. The fourth-order valence-corrected chi connectivity index (χ4v) is 7.29. The lowest BCUT2D eigenvalue weighted by Gasteiger charge is -2.36. The monoisotopic (exact) mass is 477 g/mol. The van der Waals surface area contributed by atoms with E-state index in [-0.39, 0.29) is 5.91 Å². The topological polar surface area (TPSA) is 44.6 Å². The standard InChI is InChI=1S/C27H35N5OS/c1-19-24-18-25(34-27(24)29(2)28-19)26(33)32-15-13-31(14-16-32)23-8-7-20-9-11-30(12-10-21(20)17-23)22-5-3-4-6-22/h7-8,17-18,22H,3-6,9-16H2,1-2H3. The lowest BCUT2D eigenvalue weighted by Crippen LogP contribution is -2.48. The van der Waals surface area contributed by atoms with Crippen LogP contribution in [-0.4, -0.2) is 70.8 Å². The number of thiophene rings is 1. The number of aryl methyl sites for hydroxylation is 2. The molecule has 1 amide bonds. The molecular formula is C27H35N5OS. The summed E-state index contributed by atoms with van der Waals surface area (Å²) in [5.74, 6) is 0.161. The van der Waals surface area contributed by atoms with E-state index < -0.39 is 0 Å². The number of aromatic nitrogens is 2. The number of anilines is 1. The number of carbonyl (C=O) groups excluding carboxylic acids is 1. The van der Waals surface area contributed by atoms with Crippen LogP contribution in [0.2, 0.25) is 0 Å². The van der Waals surface area contributed by atoms with Crippen molar-refractivity contribution in [1.82, 2.24) is 19.6 Å². The van der Waals surface area contributed by atoms with E-state index in [0.717, 1.165) is 53.0 Å². The summed E-state index contributed by atoms with van der Waals surface area (Å²) in [6.07, 6.45) is 7.95. The van der Waals surface area contributed by atoms with Gasteiger partial charge >= 0.3 is 0 Å². The van der Waals surface area contributed by atoms with Gasteiger partial charge in [0.2, 0.25) is 0 Å². The molecule has 180 valence electrons. The molecule has 2 fully saturated rings. The molecule has 3 aliphatic rings. The molecule has 7 heteroatoms. The first-order valence-corrected chi connectivity index (χ1v) is 13.7. The molecule has 0 spiro atoms. The molecule has 1 saturated heterocycles. The molecule has 6 rings (SSSR count). The van der Waals surface area contributed by atoms with Crippen molar-refractivity contribution in [2.24, 2.45) is 7.05 Å². The van der Waals surface area contributed by atoms with E-state index in [9.17, 15) is 4.79 Å². The molecule has 2 aromatic heterocycles. The number of nitrogens with zero attached hydrogens (tertiary/aromatic N) is 5. The van der Waals surface area contributed by atoms with Gasteiger partial charge in [-0.3, -0.25) is 14.4 Å². The minimum Gasteiger partial charge on any atom is -0.368 e. The number of carbonyl (C=O) groups is 1. The predicted molar refractivity (Wildman–Crippen MR) is 139 cm³/mol. The van der Waals surface area contributed by atoms with Crippen LogP contribution in [0.4, 0.5) is 5.69 Å². The highest BCUT2D eigenvalue weighted by atomic mass is 32.1. The Hall–Kier alpha value is -2.38. The van der Waals surface area contributed by atoms with Crippen LogP contribution in [0, 0.1) is 6.92 Å². The van der Waals surface area contributed by atoms with Crippen LogP contribution in [0.1, 0.15) is 52.2 Å². The minimum absolute atomic E-state index is 0.161. The Balaban J connectivity index is 1.10. The summed E-state index contributed by atoms with van der Waals surface area (Å²) in [6.45, 7) is 7.76. The van der Waals surface area contributed by atoms with Gasteiger partial charge in [-0.1, -0.05) is 18.9 Å². The SMILES string of the molecule is Cc1nn(C)c2sc(C(=O)N3CCN(c4ccc5c(c4)CCN(C4CCCC4)CC5)CC3)cc12. The third-order valence-corrected chi connectivity index (χ3v) is 9.40. The van der Waals surface area contributed by atoms with Gasteiger partial charge in [-0.15, -0.1) is 11.3 Å². The zero-order chi connectivity index (χ0) is 23.2. The Bertz CT molecular complexity index is 1160. The van der Waals surface area contributed by atoms with E-state index in [2.05, 4.69) is 33.1 Å². The molecule has 0 radical (unpaired) electrons. The number of piperazine rings is 1. The molecule has 2 aliphatic heterocycles. The number of hydrogen-bond acceptors (Lipinski definition) is 5. The zero-order valence-electron chi connectivity index (χ0n) is 20.4. The van der Waals surface area contributed by atoms with Gasteiger partial charge in [-0.25, -0.2) is 0 Å². The van der Waals surface area contributed by atoms with Gasteiger partial charge < -0.3 is 9.80 Å². The van der Waals surface area contributed by atoms with Crippen molar-refractivity contribution in [3.8, 4) is 0 Å². The summed E-state index contributed by atoms with van der Waals surface area (Å²) in [4.78, 5) is 22.3. The van der Waals surface area contributed by atoms with Crippen LogP contribution in [0.5, 0.6) is 0 Å². The molecule has 0 N–H and O–H groups in total. The summed E-state index contributed by atoms with van der Waals surface area (Å²) in [7, 11) is 1.95. The first kappa shape index (κ1) is 22.1. The van der Waals surface area contributed by atoms with Gasteiger partial charge in [0, 0.05) is 63.4 Å². The maximum Gasteiger partial charge on any atom is 0.264 e. The first-order chi connectivity index (χ1) is 16.6. The number of fused-ring (bicyclic) bond motifs is 2. The van der Waals surface area contributed by atoms with E-state index in [1.165, 1.54) is 68.4 Å². The Morgan fingerprint density at radius 1 is 0.971 bits per heavy atom. The second kappa shape index (κ2) is 9.00. The Morgan fingerprint density at radius 3 is 2.44 bits per heavy atom. The predicted octanol–water partition coefficient (Wildman–Crippen LogP) is 4.25. The molecule has 34 heavy (non-hydrogen) atoms. The van der Waals surface area contributed by atoms with Crippen LogP contribution in [0.15, 0.2) is 24.3 Å². The van der Waals surface area contributed by atoms with E-state index in [1.54, 1.807) is 11.3 Å². The van der Waals surface area contributed by atoms with Crippen molar-refractivity contribution in [1.29, 1.82) is 0 Å². The molecule has 1 aromatic carbocycles. The molecule has 6 nitrogen and oxygen atoms in total. The van der Waals surface area contributed by atoms with Gasteiger partial charge in [-0.2, -0.15) is 5.10 Å². The van der Waals surface area contributed by atoms with Crippen molar-refractivity contribution in [2.45, 2.75) is 51.5 Å². The number of rotatable bonds is 3. The Kier molecular flexibility index (Phi) is 5.86. The van der Waals surface area contributed by atoms with E-state index in [1.807, 2.05) is 29.6 Å². The lowest BCUT2D eigenvalue weighted by atomic mass is 10.0. The highest BCUT2D eigenvalue weighted by Gasteiger charge is 2.27. The summed E-state index contributed by atoms with van der Waals surface area (Å²) in [6, 6.07) is 9.96. The van der Waals surface area contributed by atoms with Crippen molar-refractivity contribution in [2.75, 3.05) is 44.2 Å². The molecule has 0 atom stereocenters. The molecule has 1 aliphatic carbocycles. The van der Waals surface area contributed by atoms with Crippen molar-refractivity contribution in [3.63, 3.8) is 0 Å². The van der Waals surface area contributed by atoms with E-state index >= 15 is 0 Å². The van der Waals surface area contributed by atoms with Crippen LogP contribution < -0.4 is 4.90 Å². The number of benzene rings is 1. The lowest BCUT2D eigenvalue weighted by molar-refractivity contribution is 0.0751. The maximum atomic E-state index is 13.2. The maximum absolute atomic E-state index is 13.2. The average Bonchev–Trinajstić information content (AvgIpc) is 3.56. The zero-order valence-corrected chi connectivity index (χ0v) is 21.2. The molecule has 3 aromatic rings. The molecule has 1 saturated carbocycles. The summed E-state index contributed by atoms with van der Waals surface area (Å²) < 4.78 is 1.88. The van der Waals surface area contributed by atoms with Crippen LogP contribution in [0.25, 0.3) is 10.2 Å². The fraction of sp³-hybridized carbons (Fsp3) is 0.556. The summed E-state index contributed by atoms with van der Waals surface area (Å²) in [5.41, 5.74) is 5.38. The Labute approximate surface area is 206 Å². The van der Waals surface area contributed by atoms with Gasteiger partial charge in [0.05, 0.1) is 10.6 Å². The van der Waals surface area contributed by atoms with Gasteiger partial charge in [0.25, 0.3) is 5.91 Å².